The lowest BCUT2D eigenvalue weighted by molar-refractivity contribution is 1.53. The van der Waals surface area contributed by atoms with Crippen molar-refractivity contribution in [2.75, 3.05) is 0 Å². The smallest absolute Gasteiger partial charge is 0.0584 e. The average molecular weight is 276 g/mol. The Bertz CT molecular complexity index is 408. The molecule has 0 atom stereocenters. The summed E-state index contributed by atoms with van der Waals surface area (Å²) in [4.78, 5) is 1.33. The van der Waals surface area contributed by atoms with Crippen LogP contribution < -0.4 is 0 Å². The minimum atomic E-state index is 0.859. The van der Waals surface area contributed by atoms with E-state index in [0.717, 1.165) is 10.4 Å². The Balaban J connectivity index is 2.80. The van der Waals surface area contributed by atoms with Gasteiger partial charge in [0.05, 0.1) is 9.72 Å². The van der Waals surface area contributed by atoms with E-state index in [-0.39, 0.29) is 0 Å². The number of halogens is 2. The van der Waals surface area contributed by atoms with Crippen LogP contribution in [-0.4, -0.2) is 0 Å². The average Bonchev–Trinajstić information content (AvgIpc) is 2.56. The molecule has 2 rings (SSSR count). The van der Waals surface area contributed by atoms with E-state index < -0.39 is 0 Å². The summed E-state index contributed by atoms with van der Waals surface area (Å²) >= 11 is 11.3. The summed E-state index contributed by atoms with van der Waals surface area (Å²) in [6, 6.07) is 6.24. The molecule has 3 heteroatoms. The van der Waals surface area contributed by atoms with E-state index in [2.05, 4.69) is 35.0 Å². The number of aryl methyl sites for hydroxylation is 1. The Morgan fingerprint density at radius 2 is 2.23 bits per heavy atom. The molecule has 1 aromatic carbocycles. The standard InChI is InChI=1S/C10H8BrClS/c1-6-2-3-9(12)10-8(6)4-7(5-11)13-10/h2-4H,5H2,1H3. The van der Waals surface area contributed by atoms with Crippen molar-refractivity contribution in [2.45, 2.75) is 12.3 Å². The van der Waals surface area contributed by atoms with Crippen LogP contribution in [0, 0.1) is 6.92 Å². The van der Waals surface area contributed by atoms with Crippen molar-refractivity contribution in [1.29, 1.82) is 0 Å². The zero-order valence-electron chi connectivity index (χ0n) is 7.10. The summed E-state index contributed by atoms with van der Waals surface area (Å²) in [5.41, 5.74) is 1.29. The van der Waals surface area contributed by atoms with Crippen LogP contribution in [0.1, 0.15) is 10.4 Å². The molecule has 13 heavy (non-hydrogen) atoms. The number of rotatable bonds is 1. The number of fused-ring (bicyclic) bond motifs is 1. The fourth-order valence-electron chi connectivity index (χ4n) is 1.34. The van der Waals surface area contributed by atoms with Crippen LogP contribution in [0.25, 0.3) is 10.1 Å². The van der Waals surface area contributed by atoms with Gasteiger partial charge in [0.2, 0.25) is 0 Å². The maximum absolute atomic E-state index is 6.09. The lowest BCUT2D eigenvalue weighted by Crippen LogP contribution is -1.72. The molecule has 1 aromatic heterocycles. The van der Waals surface area contributed by atoms with E-state index >= 15 is 0 Å². The maximum Gasteiger partial charge on any atom is 0.0584 e. The summed E-state index contributed by atoms with van der Waals surface area (Å²) in [6.07, 6.45) is 0. The van der Waals surface area contributed by atoms with E-state index in [0.29, 0.717) is 0 Å². The van der Waals surface area contributed by atoms with Gasteiger partial charge >= 0.3 is 0 Å². The van der Waals surface area contributed by atoms with Crippen molar-refractivity contribution >= 4 is 49.0 Å². The van der Waals surface area contributed by atoms with Gasteiger partial charge in [0, 0.05) is 10.2 Å². The lowest BCUT2D eigenvalue weighted by Gasteiger charge is -1.96. The lowest BCUT2D eigenvalue weighted by atomic mass is 10.1. The first-order chi connectivity index (χ1) is 6.22. The maximum atomic E-state index is 6.09. The molecule has 0 nitrogen and oxygen atoms in total. The molecular formula is C10H8BrClS. The predicted molar refractivity (Wildman–Crippen MR) is 64.2 cm³/mol. The van der Waals surface area contributed by atoms with Crippen molar-refractivity contribution in [3.05, 3.63) is 33.7 Å². The highest BCUT2D eigenvalue weighted by molar-refractivity contribution is 9.08. The highest BCUT2D eigenvalue weighted by Gasteiger charge is 2.06. The first kappa shape index (κ1) is 9.50. The molecule has 0 N–H and O–H groups in total. The summed E-state index contributed by atoms with van der Waals surface area (Å²) < 4.78 is 1.20. The van der Waals surface area contributed by atoms with E-state index in [1.807, 2.05) is 6.07 Å². The minimum Gasteiger partial charge on any atom is -0.138 e. The number of benzene rings is 1. The second-order valence-electron chi connectivity index (χ2n) is 2.95. The summed E-state index contributed by atoms with van der Waals surface area (Å²) in [7, 11) is 0. The first-order valence-electron chi connectivity index (χ1n) is 3.96. The van der Waals surface area contributed by atoms with Crippen LogP contribution in [0.5, 0.6) is 0 Å². The molecule has 0 saturated carbocycles. The van der Waals surface area contributed by atoms with Crippen LogP contribution in [0.4, 0.5) is 0 Å². The SMILES string of the molecule is Cc1ccc(Cl)c2sc(CBr)cc12. The van der Waals surface area contributed by atoms with Gasteiger partial charge in [0.15, 0.2) is 0 Å². The molecule has 1 heterocycles. The third-order valence-corrected chi connectivity index (χ3v) is 4.61. The topological polar surface area (TPSA) is 0 Å². The summed E-state index contributed by atoms with van der Waals surface area (Å²) in [6.45, 7) is 2.11. The summed E-state index contributed by atoms with van der Waals surface area (Å²) in [5, 5.41) is 3.05. The first-order valence-corrected chi connectivity index (χ1v) is 6.27. The number of hydrogen-bond donors (Lipinski definition) is 0. The van der Waals surface area contributed by atoms with Crippen molar-refractivity contribution in [2.24, 2.45) is 0 Å². The van der Waals surface area contributed by atoms with Gasteiger partial charge in [-0.3, -0.25) is 0 Å². The third-order valence-electron chi connectivity index (χ3n) is 2.04. The Morgan fingerprint density at radius 1 is 1.46 bits per heavy atom. The van der Waals surface area contributed by atoms with Gasteiger partial charge in [0.1, 0.15) is 0 Å². The van der Waals surface area contributed by atoms with Crippen molar-refractivity contribution in [3.8, 4) is 0 Å². The van der Waals surface area contributed by atoms with Crippen LogP contribution in [0.3, 0.4) is 0 Å². The molecule has 0 unspecified atom stereocenters. The predicted octanol–water partition coefficient (Wildman–Crippen LogP) is 4.76. The second-order valence-corrected chi connectivity index (χ2v) is 5.06. The Morgan fingerprint density at radius 3 is 2.85 bits per heavy atom. The Labute approximate surface area is 94.7 Å². The third kappa shape index (κ3) is 1.63. The van der Waals surface area contributed by atoms with Gasteiger partial charge in [-0.25, -0.2) is 0 Å². The van der Waals surface area contributed by atoms with Crippen molar-refractivity contribution < 1.29 is 0 Å². The largest absolute Gasteiger partial charge is 0.138 e. The molecule has 0 amide bonds. The van der Waals surface area contributed by atoms with E-state index in [4.69, 9.17) is 11.6 Å². The highest BCUT2D eigenvalue weighted by Crippen LogP contribution is 2.34. The monoisotopic (exact) mass is 274 g/mol. The van der Waals surface area contributed by atoms with E-state index in [1.54, 1.807) is 11.3 Å². The number of hydrogen-bond acceptors (Lipinski definition) is 1. The second kappa shape index (κ2) is 3.60. The summed E-state index contributed by atoms with van der Waals surface area (Å²) in [5.74, 6) is 0. The fourth-order valence-corrected chi connectivity index (χ4v) is 3.12. The molecule has 0 radical (unpaired) electrons. The van der Waals surface area contributed by atoms with Gasteiger partial charge in [-0.2, -0.15) is 0 Å². The molecule has 2 aromatic rings. The van der Waals surface area contributed by atoms with Gasteiger partial charge in [0.25, 0.3) is 0 Å². The number of alkyl halides is 1. The molecule has 0 saturated heterocycles. The van der Waals surface area contributed by atoms with E-state index in [1.165, 1.54) is 20.5 Å². The minimum absolute atomic E-state index is 0.859. The Kier molecular flexibility index (Phi) is 2.63. The zero-order chi connectivity index (χ0) is 9.42. The molecule has 0 aliphatic carbocycles. The van der Waals surface area contributed by atoms with Crippen LogP contribution >= 0.6 is 38.9 Å². The van der Waals surface area contributed by atoms with Gasteiger partial charge in [-0.15, -0.1) is 11.3 Å². The van der Waals surface area contributed by atoms with Crippen LogP contribution in [0.15, 0.2) is 18.2 Å². The normalized spacial score (nSPS) is 11.0. The quantitative estimate of drug-likeness (QED) is 0.658. The van der Waals surface area contributed by atoms with Gasteiger partial charge < -0.3 is 0 Å². The molecule has 68 valence electrons. The molecule has 0 spiro atoms. The molecule has 0 bridgehead atoms. The highest BCUT2D eigenvalue weighted by atomic mass is 79.9. The molecule has 0 aliphatic heterocycles. The number of thiophene rings is 1. The van der Waals surface area contributed by atoms with Crippen LogP contribution in [-0.2, 0) is 5.33 Å². The van der Waals surface area contributed by atoms with E-state index in [9.17, 15) is 0 Å². The Hall–Kier alpha value is -0.0500. The van der Waals surface area contributed by atoms with Gasteiger partial charge in [-0.05, 0) is 30.0 Å². The fraction of sp³-hybridized carbons (Fsp3) is 0.200. The molecule has 0 aliphatic rings. The van der Waals surface area contributed by atoms with Gasteiger partial charge in [-0.1, -0.05) is 33.6 Å². The molecular weight excluding hydrogens is 268 g/mol. The molecule has 0 fully saturated rings. The van der Waals surface area contributed by atoms with Crippen molar-refractivity contribution in [3.63, 3.8) is 0 Å². The van der Waals surface area contributed by atoms with Crippen molar-refractivity contribution in [1.82, 2.24) is 0 Å². The van der Waals surface area contributed by atoms with Crippen LogP contribution in [0.2, 0.25) is 5.02 Å². The zero-order valence-corrected chi connectivity index (χ0v) is 10.3.